The first-order valence-corrected chi connectivity index (χ1v) is 8.01. The smallest absolute Gasteiger partial charge is 0.243 e. The van der Waals surface area contributed by atoms with Crippen molar-refractivity contribution in [3.05, 3.63) is 29.8 Å². The fraction of sp³-hybridized carbons (Fsp3) is 0.571. The van der Waals surface area contributed by atoms with Crippen molar-refractivity contribution in [1.29, 1.82) is 0 Å². The molecule has 1 heterocycles. The Morgan fingerprint density at radius 2 is 1.89 bits per heavy atom. The van der Waals surface area contributed by atoms with E-state index in [0.717, 1.165) is 12.0 Å². The largest absolute Gasteiger partial charge is 0.378 e. The van der Waals surface area contributed by atoms with Crippen LogP contribution < -0.4 is 0 Å². The van der Waals surface area contributed by atoms with Crippen LogP contribution in [-0.2, 0) is 21.2 Å². The van der Waals surface area contributed by atoms with Gasteiger partial charge in [-0.1, -0.05) is 19.1 Å². The average molecular weight is 283 g/mol. The molecule has 0 N–H and O–H groups in total. The highest BCUT2D eigenvalue weighted by Gasteiger charge is 2.39. The van der Waals surface area contributed by atoms with E-state index < -0.39 is 15.6 Å². The zero-order valence-corrected chi connectivity index (χ0v) is 12.5. The lowest BCUT2D eigenvalue weighted by molar-refractivity contribution is -0.00770. The molecule has 1 fully saturated rings. The summed E-state index contributed by atoms with van der Waals surface area (Å²) in [6.45, 7) is 7.13. The van der Waals surface area contributed by atoms with Crippen LogP contribution in [0.3, 0.4) is 0 Å². The number of sulfonamides is 1. The van der Waals surface area contributed by atoms with Crippen molar-refractivity contribution in [3.8, 4) is 0 Å². The molecule has 5 heteroatoms. The molecule has 0 saturated carbocycles. The van der Waals surface area contributed by atoms with Gasteiger partial charge in [0.15, 0.2) is 0 Å². The van der Waals surface area contributed by atoms with Crippen molar-refractivity contribution in [2.45, 2.75) is 37.6 Å². The minimum atomic E-state index is -3.44. The predicted molar refractivity (Wildman–Crippen MR) is 74.6 cm³/mol. The van der Waals surface area contributed by atoms with Gasteiger partial charge < -0.3 is 4.74 Å². The van der Waals surface area contributed by atoms with E-state index in [0.29, 0.717) is 24.7 Å². The van der Waals surface area contributed by atoms with Gasteiger partial charge in [-0.05, 0) is 38.0 Å². The Hall–Kier alpha value is -0.910. The molecule has 0 aliphatic carbocycles. The standard InChI is InChI=1S/C14H21NO3S/c1-4-12-5-7-13(8-6-12)19(16,17)15-9-10-18-11-14(15,2)3/h5-8H,4,9-11H2,1-3H3. The highest BCUT2D eigenvalue weighted by Crippen LogP contribution is 2.27. The van der Waals surface area contributed by atoms with E-state index in [4.69, 9.17) is 4.74 Å². The first kappa shape index (κ1) is 14.5. The zero-order chi connectivity index (χ0) is 14.1. The van der Waals surface area contributed by atoms with Gasteiger partial charge in [0, 0.05) is 6.54 Å². The molecule has 0 unspecified atom stereocenters. The number of hydrogen-bond acceptors (Lipinski definition) is 3. The maximum absolute atomic E-state index is 12.7. The van der Waals surface area contributed by atoms with E-state index in [-0.39, 0.29) is 0 Å². The van der Waals surface area contributed by atoms with Crippen molar-refractivity contribution in [2.24, 2.45) is 0 Å². The summed E-state index contributed by atoms with van der Waals surface area (Å²) in [4.78, 5) is 0.361. The first-order valence-electron chi connectivity index (χ1n) is 6.57. The second-order valence-corrected chi connectivity index (χ2v) is 7.30. The molecular weight excluding hydrogens is 262 g/mol. The SMILES string of the molecule is CCc1ccc(S(=O)(=O)N2CCOCC2(C)C)cc1. The Morgan fingerprint density at radius 1 is 1.26 bits per heavy atom. The van der Waals surface area contributed by atoms with Gasteiger partial charge in [0.2, 0.25) is 10.0 Å². The molecule has 0 aromatic heterocycles. The Labute approximate surface area is 115 Å². The van der Waals surface area contributed by atoms with Gasteiger partial charge >= 0.3 is 0 Å². The molecule has 0 atom stereocenters. The van der Waals surface area contributed by atoms with Crippen LogP contribution in [0, 0.1) is 0 Å². The summed E-state index contributed by atoms with van der Waals surface area (Å²) in [5.41, 5.74) is 0.640. The quantitative estimate of drug-likeness (QED) is 0.853. The minimum absolute atomic E-state index is 0.361. The second-order valence-electron chi connectivity index (χ2n) is 5.44. The molecule has 4 nitrogen and oxygen atoms in total. The van der Waals surface area contributed by atoms with Gasteiger partial charge in [0.25, 0.3) is 0 Å². The molecular formula is C14H21NO3S. The number of benzene rings is 1. The van der Waals surface area contributed by atoms with Gasteiger partial charge in [-0.25, -0.2) is 8.42 Å². The first-order chi connectivity index (χ1) is 8.88. The third-order valence-electron chi connectivity index (χ3n) is 3.49. The Kier molecular flexibility index (Phi) is 3.99. The Balaban J connectivity index is 2.35. The van der Waals surface area contributed by atoms with Crippen molar-refractivity contribution in [3.63, 3.8) is 0 Å². The summed E-state index contributed by atoms with van der Waals surface area (Å²) in [5.74, 6) is 0. The lowest BCUT2D eigenvalue weighted by atomic mass is 10.1. The van der Waals surface area contributed by atoms with E-state index in [1.165, 1.54) is 0 Å². The lowest BCUT2D eigenvalue weighted by Crippen LogP contribution is -2.55. The van der Waals surface area contributed by atoms with Crippen LogP contribution in [0.2, 0.25) is 0 Å². The highest BCUT2D eigenvalue weighted by atomic mass is 32.2. The minimum Gasteiger partial charge on any atom is -0.378 e. The number of aryl methyl sites for hydroxylation is 1. The second kappa shape index (κ2) is 5.23. The van der Waals surface area contributed by atoms with Crippen LogP contribution in [0.25, 0.3) is 0 Å². The van der Waals surface area contributed by atoms with Gasteiger partial charge in [-0.3, -0.25) is 0 Å². The summed E-state index contributed by atoms with van der Waals surface area (Å²) < 4.78 is 32.3. The number of rotatable bonds is 3. The normalized spacial score (nSPS) is 20.4. The highest BCUT2D eigenvalue weighted by molar-refractivity contribution is 7.89. The van der Waals surface area contributed by atoms with E-state index in [9.17, 15) is 8.42 Å². The lowest BCUT2D eigenvalue weighted by Gasteiger charge is -2.40. The van der Waals surface area contributed by atoms with E-state index >= 15 is 0 Å². The monoisotopic (exact) mass is 283 g/mol. The summed E-state index contributed by atoms with van der Waals surface area (Å²) in [5, 5.41) is 0. The van der Waals surface area contributed by atoms with Gasteiger partial charge in [0.1, 0.15) is 0 Å². The third kappa shape index (κ3) is 2.83. The molecule has 0 spiro atoms. The van der Waals surface area contributed by atoms with Crippen molar-refractivity contribution >= 4 is 10.0 Å². The van der Waals surface area contributed by atoms with Crippen molar-refractivity contribution < 1.29 is 13.2 Å². The van der Waals surface area contributed by atoms with Crippen LogP contribution in [0.4, 0.5) is 0 Å². The van der Waals surface area contributed by atoms with Crippen LogP contribution >= 0.6 is 0 Å². The molecule has 1 aliphatic rings. The average Bonchev–Trinajstić information content (AvgIpc) is 2.38. The fourth-order valence-electron chi connectivity index (χ4n) is 2.31. The Bertz CT molecular complexity index is 534. The van der Waals surface area contributed by atoms with Crippen LogP contribution in [0.5, 0.6) is 0 Å². The molecule has 1 aromatic carbocycles. The van der Waals surface area contributed by atoms with Crippen LogP contribution in [0.15, 0.2) is 29.2 Å². The van der Waals surface area contributed by atoms with Gasteiger partial charge in [0.05, 0.1) is 23.6 Å². The number of ether oxygens (including phenoxy) is 1. The number of morpholine rings is 1. The number of nitrogens with zero attached hydrogens (tertiary/aromatic N) is 1. The molecule has 0 radical (unpaired) electrons. The van der Waals surface area contributed by atoms with Crippen molar-refractivity contribution in [1.82, 2.24) is 4.31 Å². The maximum atomic E-state index is 12.7. The fourth-order valence-corrected chi connectivity index (χ4v) is 4.07. The van der Waals surface area contributed by atoms with Gasteiger partial charge in [-0.2, -0.15) is 4.31 Å². The van der Waals surface area contributed by atoms with E-state index in [1.54, 1.807) is 16.4 Å². The zero-order valence-electron chi connectivity index (χ0n) is 11.7. The predicted octanol–water partition coefficient (Wildman–Crippen LogP) is 2.05. The molecule has 0 bridgehead atoms. The van der Waals surface area contributed by atoms with Crippen molar-refractivity contribution in [2.75, 3.05) is 19.8 Å². The molecule has 1 saturated heterocycles. The third-order valence-corrected chi connectivity index (χ3v) is 5.61. The van der Waals surface area contributed by atoms with E-state index in [1.807, 2.05) is 26.0 Å². The summed E-state index contributed by atoms with van der Waals surface area (Å²) >= 11 is 0. The number of hydrogen-bond donors (Lipinski definition) is 0. The summed E-state index contributed by atoms with van der Waals surface area (Å²) in [6, 6.07) is 7.14. The van der Waals surface area contributed by atoms with Crippen LogP contribution in [-0.4, -0.2) is 38.0 Å². The molecule has 106 valence electrons. The topological polar surface area (TPSA) is 46.6 Å². The summed E-state index contributed by atoms with van der Waals surface area (Å²) in [7, 11) is -3.44. The van der Waals surface area contributed by atoms with Crippen LogP contribution in [0.1, 0.15) is 26.3 Å². The molecule has 19 heavy (non-hydrogen) atoms. The molecule has 1 aromatic rings. The maximum Gasteiger partial charge on any atom is 0.243 e. The van der Waals surface area contributed by atoms with Gasteiger partial charge in [-0.15, -0.1) is 0 Å². The van der Waals surface area contributed by atoms with E-state index in [2.05, 4.69) is 6.92 Å². The molecule has 0 amide bonds. The summed E-state index contributed by atoms with van der Waals surface area (Å²) in [6.07, 6.45) is 0.906. The molecule has 1 aliphatic heterocycles. The Morgan fingerprint density at radius 3 is 2.42 bits per heavy atom. The molecule has 2 rings (SSSR count).